The van der Waals surface area contributed by atoms with Crippen LogP contribution in [0.3, 0.4) is 0 Å². The number of nitrogens with zero attached hydrogens (tertiary/aromatic N) is 6. The van der Waals surface area contributed by atoms with E-state index in [0.717, 1.165) is 20.4 Å². The molecule has 2 aromatic rings. The highest BCUT2D eigenvalue weighted by Gasteiger charge is 2.23. The number of carbonyl (C=O) groups is 4. The third kappa shape index (κ3) is 9.44. The number of amides is 2. The van der Waals surface area contributed by atoms with Gasteiger partial charge in [0.2, 0.25) is 11.8 Å². The number of aliphatic imine (C=N–C) groups is 1. The maximum absolute atomic E-state index is 12.2. The molecule has 2 amide bonds. The van der Waals surface area contributed by atoms with Crippen molar-refractivity contribution in [3.05, 3.63) is 51.7 Å². The van der Waals surface area contributed by atoms with Gasteiger partial charge in [0.15, 0.2) is 11.8 Å². The lowest BCUT2D eigenvalue weighted by Gasteiger charge is -2.21. The summed E-state index contributed by atoms with van der Waals surface area (Å²) in [6.07, 6.45) is 2.60. The fourth-order valence-electron chi connectivity index (χ4n) is 3.46. The van der Waals surface area contributed by atoms with E-state index in [1.807, 2.05) is 4.98 Å². The molecular formula is C22H31N11O8. The van der Waals surface area contributed by atoms with Crippen molar-refractivity contribution in [2.24, 2.45) is 22.2 Å². The maximum Gasteiger partial charge on any atom is 0.328 e. The van der Waals surface area contributed by atoms with Crippen LogP contribution in [-0.2, 0) is 32.3 Å². The maximum atomic E-state index is 12.2. The summed E-state index contributed by atoms with van der Waals surface area (Å²) in [4.78, 5) is 80.1. The quantitative estimate of drug-likeness (QED) is 0.126. The summed E-state index contributed by atoms with van der Waals surface area (Å²) >= 11 is 0. The van der Waals surface area contributed by atoms with Gasteiger partial charge in [-0.2, -0.15) is 4.99 Å². The molecule has 0 saturated carbocycles. The molecule has 0 fully saturated rings. The number of H-pyrrole nitrogens is 1. The number of imidazole rings is 1. The Kier molecular flexibility index (Phi) is 11.5. The molecule has 3 heterocycles. The summed E-state index contributed by atoms with van der Waals surface area (Å²) in [5.74, 6) is -2.69. The molecule has 19 heteroatoms. The fraction of sp³-hybridized carbons (Fsp3) is 0.364. The summed E-state index contributed by atoms with van der Waals surface area (Å²) in [5, 5.41) is 20.2. The summed E-state index contributed by atoms with van der Waals surface area (Å²) in [6, 6.07) is 1.10. The van der Waals surface area contributed by atoms with Crippen LogP contribution in [0.5, 0.6) is 0 Å². The van der Waals surface area contributed by atoms with E-state index in [1.54, 1.807) is 0 Å². The number of hydrogen-bond donors (Lipinski definition) is 7. The average molecular weight is 578 g/mol. The number of carboxylic acid groups (broad SMARTS) is 2. The molecule has 0 radical (unpaired) electrons. The van der Waals surface area contributed by atoms with Crippen LogP contribution in [0.25, 0.3) is 5.70 Å². The van der Waals surface area contributed by atoms with Crippen molar-refractivity contribution in [3.63, 3.8) is 0 Å². The Balaban J connectivity index is 0.000000290. The molecule has 2 aromatic heterocycles. The summed E-state index contributed by atoms with van der Waals surface area (Å²) in [5.41, 5.74) is 16.0. The van der Waals surface area contributed by atoms with Gasteiger partial charge >= 0.3 is 17.6 Å². The van der Waals surface area contributed by atoms with E-state index in [1.165, 1.54) is 17.1 Å². The minimum absolute atomic E-state index is 0.0727. The second-order valence-electron chi connectivity index (χ2n) is 8.38. The van der Waals surface area contributed by atoms with E-state index in [9.17, 15) is 28.8 Å². The van der Waals surface area contributed by atoms with Gasteiger partial charge in [-0.3, -0.25) is 33.5 Å². The summed E-state index contributed by atoms with van der Waals surface area (Å²) in [6.45, 7) is 2.90. The Morgan fingerprint density at radius 2 is 1.49 bits per heavy atom. The minimum Gasteiger partial charge on any atom is -0.480 e. The molecule has 0 saturated heterocycles. The number of nitrogens with two attached hydrogens (primary N) is 3. The Morgan fingerprint density at radius 3 is 1.98 bits per heavy atom. The number of carbonyl (C=O) groups excluding carboxylic acids is 2. The fourth-order valence-corrected chi connectivity index (χ4v) is 3.46. The Hall–Kier alpha value is -5.30. The molecule has 0 spiro atoms. The van der Waals surface area contributed by atoms with Gasteiger partial charge in [0.05, 0.1) is 12.0 Å². The van der Waals surface area contributed by atoms with Crippen LogP contribution in [0.2, 0.25) is 0 Å². The molecule has 3 rings (SSSR count). The molecule has 10 N–H and O–H groups in total. The van der Waals surface area contributed by atoms with Crippen LogP contribution in [0.4, 0.5) is 5.82 Å². The van der Waals surface area contributed by atoms with Crippen LogP contribution < -0.4 is 33.8 Å². The van der Waals surface area contributed by atoms with E-state index >= 15 is 0 Å². The third-order valence-electron chi connectivity index (χ3n) is 5.26. The van der Waals surface area contributed by atoms with E-state index in [2.05, 4.69) is 21.9 Å². The number of rotatable bonds is 12. The average Bonchev–Trinajstić information content (AvgIpc) is 3.27. The van der Waals surface area contributed by atoms with Gasteiger partial charge in [-0.15, -0.1) is 0 Å². The number of aromatic amines is 1. The lowest BCUT2D eigenvalue weighted by molar-refractivity contribution is -0.144. The number of nitrogens with one attached hydrogen (secondary N) is 2. The second kappa shape index (κ2) is 14.7. The zero-order chi connectivity index (χ0) is 30.7. The highest BCUT2D eigenvalue weighted by Crippen LogP contribution is 2.26. The molecular weight excluding hydrogens is 546 g/mol. The first-order valence-corrected chi connectivity index (χ1v) is 11.9. The lowest BCUT2D eigenvalue weighted by atomic mass is 10.3. The zero-order valence-corrected chi connectivity index (χ0v) is 21.9. The van der Waals surface area contributed by atoms with Gasteiger partial charge in [0.25, 0.3) is 5.56 Å². The first kappa shape index (κ1) is 31.9. The number of guanidine groups is 1. The summed E-state index contributed by atoms with van der Waals surface area (Å²) in [7, 11) is 0. The van der Waals surface area contributed by atoms with Crippen molar-refractivity contribution in [1.29, 1.82) is 0 Å². The predicted octanol–water partition coefficient (Wildman–Crippen LogP) is -4.32. The van der Waals surface area contributed by atoms with Crippen LogP contribution in [-0.4, -0.2) is 108 Å². The highest BCUT2D eigenvalue weighted by atomic mass is 16.4. The van der Waals surface area contributed by atoms with E-state index < -0.39 is 48.1 Å². The van der Waals surface area contributed by atoms with Crippen molar-refractivity contribution in [2.75, 3.05) is 39.3 Å². The molecule has 0 aromatic carbocycles. The second-order valence-corrected chi connectivity index (χ2v) is 8.38. The van der Waals surface area contributed by atoms with Crippen LogP contribution in [0.15, 0.2) is 39.8 Å². The van der Waals surface area contributed by atoms with E-state index in [4.69, 9.17) is 27.4 Å². The van der Waals surface area contributed by atoms with Crippen molar-refractivity contribution < 1.29 is 29.4 Å². The Labute approximate surface area is 231 Å². The number of carboxylic acids is 2. The number of aliphatic carboxylic acids is 2. The van der Waals surface area contributed by atoms with Crippen molar-refractivity contribution in [3.8, 4) is 0 Å². The molecule has 19 nitrogen and oxygen atoms in total. The number of fused-ring (bicyclic) bond motifs is 1. The van der Waals surface area contributed by atoms with E-state index in [0.29, 0.717) is 17.2 Å². The van der Waals surface area contributed by atoms with Crippen molar-refractivity contribution in [2.45, 2.75) is 13.1 Å². The van der Waals surface area contributed by atoms with Gasteiger partial charge in [0.1, 0.15) is 31.9 Å². The van der Waals surface area contributed by atoms with Crippen LogP contribution in [0.1, 0.15) is 5.69 Å². The SMILES string of the molecule is C=C1NC(N)=Nc2c1ncn2CC(=O)N(CCN)CC(=O)O.NCCN(CC(=O)O)C(=O)Cn1ccc(=O)[nH]c1=O. The van der Waals surface area contributed by atoms with Gasteiger partial charge < -0.3 is 47.1 Å². The molecule has 0 aliphatic carbocycles. The third-order valence-corrected chi connectivity index (χ3v) is 5.26. The van der Waals surface area contributed by atoms with Gasteiger partial charge in [-0.25, -0.2) is 9.78 Å². The topological polar surface area (TPSA) is 290 Å². The standard InChI is InChI=1S/C12H17N7O3.C10H14N4O5/c1-7-10-11(17-12(14)16-7)19(6-15-10)4-8(20)18(3-2-13)5-9(21)22;11-2-4-13(6-9(17)18)8(16)5-14-3-1-7(15)12-10(14)19/h6H,1-5,13H2,(H,21,22)(H3,14,16,17);1,3H,2,4-6,11H2,(H,17,18)(H,12,15,19). The van der Waals surface area contributed by atoms with Crippen molar-refractivity contribution >= 4 is 41.2 Å². The molecule has 222 valence electrons. The van der Waals surface area contributed by atoms with Crippen LogP contribution in [0, 0.1) is 0 Å². The normalized spacial score (nSPS) is 11.8. The first-order valence-electron chi connectivity index (χ1n) is 11.9. The monoisotopic (exact) mass is 577 g/mol. The first-order chi connectivity index (χ1) is 19.4. The minimum atomic E-state index is -1.17. The summed E-state index contributed by atoms with van der Waals surface area (Å²) < 4.78 is 2.47. The predicted molar refractivity (Wildman–Crippen MR) is 144 cm³/mol. The number of aromatic nitrogens is 4. The highest BCUT2D eigenvalue weighted by molar-refractivity contribution is 5.94. The van der Waals surface area contributed by atoms with Gasteiger partial charge in [-0.05, 0) is 0 Å². The largest absolute Gasteiger partial charge is 0.480 e. The Morgan fingerprint density at radius 1 is 0.951 bits per heavy atom. The van der Waals surface area contributed by atoms with Gasteiger partial charge in [0, 0.05) is 38.4 Å². The lowest BCUT2D eigenvalue weighted by Crippen LogP contribution is -2.42. The zero-order valence-electron chi connectivity index (χ0n) is 21.9. The molecule has 41 heavy (non-hydrogen) atoms. The van der Waals surface area contributed by atoms with E-state index in [-0.39, 0.29) is 45.2 Å². The van der Waals surface area contributed by atoms with Crippen LogP contribution >= 0.6 is 0 Å². The Bertz CT molecular complexity index is 1440. The molecule has 1 aliphatic heterocycles. The molecule has 0 bridgehead atoms. The van der Waals surface area contributed by atoms with Crippen molar-refractivity contribution in [1.82, 2.24) is 34.2 Å². The molecule has 1 aliphatic rings. The number of hydrogen-bond acceptors (Lipinski definition) is 12. The molecule has 0 unspecified atom stereocenters. The van der Waals surface area contributed by atoms with Gasteiger partial charge in [-0.1, -0.05) is 6.58 Å². The molecule has 0 atom stereocenters. The smallest absolute Gasteiger partial charge is 0.328 e.